The van der Waals surface area contributed by atoms with E-state index in [-0.39, 0.29) is 5.92 Å². The number of allylic oxidation sites excluding steroid dienone is 14. The van der Waals surface area contributed by atoms with Gasteiger partial charge in [-0.2, -0.15) is 0 Å². The van der Waals surface area contributed by atoms with Crippen LogP contribution in [0.2, 0.25) is 0 Å². The monoisotopic (exact) mass is 863 g/mol. The van der Waals surface area contributed by atoms with Crippen LogP contribution in [0.5, 0.6) is 0 Å². The van der Waals surface area contributed by atoms with E-state index in [1.807, 2.05) is 0 Å². The Kier molecular flexibility index (Phi) is 11.2. The van der Waals surface area contributed by atoms with Crippen LogP contribution in [0.15, 0.2) is 210 Å². The maximum absolute atomic E-state index is 6.73. The molecule has 2 heterocycles. The van der Waals surface area contributed by atoms with E-state index in [0.29, 0.717) is 5.92 Å². The summed E-state index contributed by atoms with van der Waals surface area (Å²) in [6, 6.07) is 49.4. The molecule has 1 atom stereocenters. The summed E-state index contributed by atoms with van der Waals surface area (Å²) in [5.41, 5.74) is 25.8. The van der Waals surface area contributed by atoms with Gasteiger partial charge in [0.1, 0.15) is 7.85 Å². The van der Waals surface area contributed by atoms with Crippen LogP contribution >= 0.6 is 0 Å². The Morgan fingerprint density at radius 1 is 0.701 bits per heavy atom. The van der Waals surface area contributed by atoms with Gasteiger partial charge in [0.05, 0.1) is 11.1 Å². The summed E-state index contributed by atoms with van der Waals surface area (Å²) in [7, 11) is 9.31. The highest BCUT2D eigenvalue weighted by Crippen LogP contribution is 2.56. The quantitative estimate of drug-likeness (QED) is 0.153. The summed E-state index contributed by atoms with van der Waals surface area (Å²) in [4.78, 5) is 2.60. The number of nitrogens with zero attached hydrogens (tertiary/aromatic N) is 1. The van der Waals surface area contributed by atoms with Crippen molar-refractivity contribution in [3.05, 3.63) is 249 Å². The molecular formula is C63H57B2N2. The minimum Gasteiger partial charge on any atom is -0.358 e. The highest BCUT2D eigenvalue weighted by molar-refractivity contribution is 6.66. The Morgan fingerprint density at radius 2 is 1.42 bits per heavy atom. The molecule has 1 N–H and O–H groups in total. The molecule has 3 aliphatic carbocycles. The fourth-order valence-corrected chi connectivity index (χ4v) is 12.1. The van der Waals surface area contributed by atoms with Gasteiger partial charge in [-0.3, -0.25) is 0 Å². The van der Waals surface area contributed by atoms with Crippen LogP contribution in [0.3, 0.4) is 0 Å². The predicted octanol–water partition coefficient (Wildman–Crippen LogP) is 14.3. The third-order valence-corrected chi connectivity index (χ3v) is 15.2. The van der Waals surface area contributed by atoms with Crippen LogP contribution in [0.1, 0.15) is 97.7 Å². The van der Waals surface area contributed by atoms with Crippen molar-refractivity contribution in [2.45, 2.75) is 78.1 Å². The molecule has 0 saturated carbocycles. The Morgan fingerprint density at radius 3 is 2.15 bits per heavy atom. The number of para-hydroxylation sites is 1. The molecule has 3 radical (unpaired) electrons. The van der Waals surface area contributed by atoms with Gasteiger partial charge in [0.15, 0.2) is 7.28 Å². The Bertz CT molecular complexity index is 3130. The SMILES string of the molecule is [B]c1ccc(N2C(C)=C(C3=C(C(C)C)CCC=C3)[B]c3c2cc(-c2ccccc2C)c(C)c3C2CC=CC3=C2Nc2ccccc2C3(c2ccccc2)c2ccccc2)c(C2=CC=CCC2)c1. The van der Waals surface area contributed by atoms with E-state index in [4.69, 9.17) is 7.85 Å². The van der Waals surface area contributed by atoms with E-state index in [1.165, 1.54) is 100 Å². The molecule has 6 aromatic rings. The molecule has 67 heavy (non-hydrogen) atoms. The van der Waals surface area contributed by atoms with E-state index in [0.717, 1.165) is 48.9 Å². The van der Waals surface area contributed by atoms with E-state index >= 15 is 0 Å². The summed E-state index contributed by atoms with van der Waals surface area (Å²) in [6.45, 7) is 11.7. The van der Waals surface area contributed by atoms with Gasteiger partial charge in [-0.25, -0.2) is 0 Å². The van der Waals surface area contributed by atoms with Gasteiger partial charge in [-0.15, -0.1) is 0 Å². The van der Waals surface area contributed by atoms with Gasteiger partial charge in [0, 0.05) is 34.3 Å². The molecule has 0 bridgehead atoms. The number of nitrogens with one attached hydrogen (secondary N) is 1. The largest absolute Gasteiger partial charge is 0.358 e. The maximum Gasteiger partial charge on any atom is 0.197 e. The fourth-order valence-electron chi connectivity index (χ4n) is 12.1. The number of rotatable bonds is 8. The summed E-state index contributed by atoms with van der Waals surface area (Å²) in [5, 5.41) is 4.19. The molecule has 1 unspecified atom stereocenters. The summed E-state index contributed by atoms with van der Waals surface area (Å²) in [5.74, 6) is 0.430. The first kappa shape index (κ1) is 42.8. The van der Waals surface area contributed by atoms with Crippen molar-refractivity contribution >= 4 is 48.7 Å². The third-order valence-electron chi connectivity index (χ3n) is 15.2. The molecule has 2 aliphatic heterocycles. The maximum atomic E-state index is 6.73. The third kappa shape index (κ3) is 7.11. The Balaban J connectivity index is 1.25. The first-order chi connectivity index (χ1) is 32.8. The fraction of sp³-hybridized carbons (Fsp3) is 0.206. The van der Waals surface area contributed by atoms with E-state index < -0.39 is 5.41 Å². The number of aryl methyl sites for hydroxylation is 1. The first-order valence-electron chi connectivity index (χ1n) is 24.4. The number of fused-ring (bicyclic) bond motifs is 2. The first-order valence-corrected chi connectivity index (χ1v) is 24.4. The minimum atomic E-state index is -0.557. The van der Waals surface area contributed by atoms with Gasteiger partial charge in [0.2, 0.25) is 0 Å². The zero-order chi connectivity index (χ0) is 45.8. The average Bonchev–Trinajstić information content (AvgIpc) is 3.36. The zero-order valence-corrected chi connectivity index (χ0v) is 39.5. The van der Waals surface area contributed by atoms with Crippen molar-refractivity contribution in [3.63, 3.8) is 0 Å². The second-order valence-electron chi connectivity index (χ2n) is 19.3. The molecule has 0 spiro atoms. The van der Waals surface area contributed by atoms with Crippen molar-refractivity contribution in [1.29, 1.82) is 0 Å². The van der Waals surface area contributed by atoms with Gasteiger partial charge >= 0.3 is 0 Å². The van der Waals surface area contributed by atoms with Crippen molar-refractivity contribution in [1.82, 2.24) is 0 Å². The number of hydrogen-bond donors (Lipinski definition) is 1. The molecule has 5 aliphatic rings. The van der Waals surface area contributed by atoms with Crippen molar-refractivity contribution in [2.24, 2.45) is 5.92 Å². The van der Waals surface area contributed by atoms with E-state index in [1.54, 1.807) is 0 Å². The number of benzene rings is 6. The summed E-state index contributed by atoms with van der Waals surface area (Å²) in [6.07, 6.45) is 21.5. The van der Waals surface area contributed by atoms with Crippen LogP contribution < -0.4 is 21.1 Å². The highest BCUT2D eigenvalue weighted by atomic mass is 15.2. The van der Waals surface area contributed by atoms with Crippen LogP contribution in [-0.4, -0.2) is 15.1 Å². The number of anilines is 3. The van der Waals surface area contributed by atoms with Gasteiger partial charge < -0.3 is 10.2 Å². The van der Waals surface area contributed by atoms with Crippen LogP contribution in [0.4, 0.5) is 17.1 Å². The molecule has 0 amide bonds. The molecule has 325 valence electrons. The molecule has 0 saturated heterocycles. The normalized spacial score (nSPS) is 18.3. The molecular weight excluding hydrogens is 806 g/mol. The topological polar surface area (TPSA) is 15.3 Å². The van der Waals surface area contributed by atoms with Crippen LogP contribution in [0, 0.1) is 19.8 Å². The average molecular weight is 864 g/mol. The lowest BCUT2D eigenvalue weighted by Gasteiger charge is -2.47. The van der Waals surface area contributed by atoms with E-state index in [9.17, 15) is 0 Å². The molecule has 0 aromatic heterocycles. The summed E-state index contributed by atoms with van der Waals surface area (Å²) >= 11 is 0. The van der Waals surface area contributed by atoms with Crippen LogP contribution in [0.25, 0.3) is 16.7 Å². The van der Waals surface area contributed by atoms with Crippen molar-refractivity contribution < 1.29 is 0 Å². The smallest absolute Gasteiger partial charge is 0.197 e. The lowest BCUT2D eigenvalue weighted by atomic mass is 9.52. The lowest BCUT2D eigenvalue weighted by Crippen LogP contribution is -2.42. The van der Waals surface area contributed by atoms with Crippen LogP contribution in [-0.2, 0) is 5.41 Å². The lowest BCUT2D eigenvalue weighted by molar-refractivity contribution is 0.675. The number of hydrogen-bond acceptors (Lipinski definition) is 2. The Hall–Kier alpha value is -6.77. The molecule has 0 fully saturated rings. The molecule has 4 heteroatoms. The second kappa shape index (κ2) is 17.5. The zero-order valence-electron chi connectivity index (χ0n) is 39.5. The van der Waals surface area contributed by atoms with Gasteiger partial charge in [0.25, 0.3) is 0 Å². The highest BCUT2D eigenvalue weighted by Gasteiger charge is 2.47. The standard InChI is InChI=1S/C63H57B2N2/c1-40(2)48-29-17-18-31-50(48)60-43(5)67(57-37-36-47(64)38-53(57)44-23-9-6-10-24-44)58-39-52(49-30-16-15-22-41(49)3)42(4)59(61(58)65-60)51-32-21-34-55-62(51)66-56-35-20-19-33-54(56)63(55,45-25-11-7-12-26-45)46-27-13-8-14-28-46/h6-9,11-16,18-23,25-28,30-31,33-40,51,66H,10,17,24,29,32H2,1-5H3. The summed E-state index contributed by atoms with van der Waals surface area (Å²) < 4.78 is 0. The minimum absolute atomic E-state index is 0.00755. The van der Waals surface area contributed by atoms with Gasteiger partial charge in [-0.05, 0) is 138 Å². The van der Waals surface area contributed by atoms with Crippen molar-refractivity contribution in [2.75, 3.05) is 10.2 Å². The van der Waals surface area contributed by atoms with Gasteiger partial charge in [-0.1, -0.05) is 194 Å². The molecule has 11 rings (SSSR count). The molecule has 6 aromatic carbocycles. The Labute approximate surface area is 400 Å². The van der Waals surface area contributed by atoms with E-state index in [2.05, 4.69) is 228 Å². The van der Waals surface area contributed by atoms with Crippen molar-refractivity contribution in [3.8, 4) is 11.1 Å². The predicted molar refractivity (Wildman–Crippen MR) is 286 cm³/mol. The molecule has 2 nitrogen and oxygen atoms in total. The second-order valence-corrected chi connectivity index (χ2v) is 19.3.